The van der Waals surface area contributed by atoms with Crippen molar-refractivity contribution in [3.8, 4) is 11.5 Å². The molecule has 1 aromatic carbocycles. The van der Waals surface area contributed by atoms with Crippen LogP contribution in [-0.4, -0.2) is 20.8 Å². The zero-order chi connectivity index (χ0) is 11.4. The van der Waals surface area contributed by atoms with Gasteiger partial charge in [-0.1, -0.05) is 12.5 Å². The second kappa shape index (κ2) is 5.21. The lowest BCUT2D eigenvalue weighted by Gasteiger charge is -2.25. The van der Waals surface area contributed by atoms with Crippen molar-refractivity contribution in [2.75, 3.05) is 20.8 Å². The highest BCUT2D eigenvalue weighted by Gasteiger charge is 2.18. The van der Waals surface area contributed by atoms with Gasteiger partial charge in [-0.2, -0.15) is 0 Å². The van der Waals surface area contributed by atoms with Crippen LogP contribution in [-0.2, 0) is 0 Å². The van der Waals surface area contributed by atoms with E-state index in [1.54, 1.807) is 14.2 Å². The van der Waals surface area contributed by atoms with Crippen molar-refractivity contribution in [3.63, 3.8) is 0 Å². The standard InChI is InChI=1S/C13H19NO2/c1-15-10-6-7-11(13(9-10)16-2)12-5-3-4-8-14-12/h6-7,9,12,14H,3-5,8H2,1-2H3/t12-/m1/s1. The third kappa shape index (κ3) is 2.30. The summed E-state index contributed by atoms with van der Waals surface area (Å²) in [5, 5.41) is 3.53. The highest BCUT2D eigenvalue weighted by Crippen LogP contribution is 2.33. The number of hydrogen-bond acceptors (Lipinski definition) is 3. The molecule has 16 heavy (non-hydrogen) atoms. The molecule has 88 valence electrons. The Balaban J connectivity index is 2.24. The van der Waals surface area contributed by atoms with E-state index in [-0.39, 0.29) is 0 Å². The van der Waals surface area contributed by atoms with Crippen LogP contribution in [0.2, 0.25) is 0 Å². The van der Waals surface area contributed by atoms with E-state index in [0.717, 1.165) is 18.0 Å². The lowest BCUT2D eigenvalue weighted by Crippen LogP contribution is -2.27. The molecule has 1 heterocycles. The van der Waals surface area contributed by atoms with Gasteiger partial charge in [-0.3, -0.25) is 0 Å². The molecule has 3 heteroatoms. The highest BCUT2D eigenvalue weighted by molar-refractivity contribution is 5.42. The maximum absolute atomic E-state index is 5.42. The van der Waals surface area contributed by atoms with Gasteiger partial charge in [0.2, 0.25) is 0 Å². The minimum absolute atomic E-state index is 0.426. The van der Waals surface area contributed by atoms with Crippen LogP contribution in [0.1, 0.15) is 30.9 Å². The summed E-state index contributed by atoms with van der Waals surface area (Å²) >= 11 is 0. The van der Waals surface area contributed by atoms with Crippen LogP contribution in [0.4, 0.5) is 0 Å². The number of piperidine rings is 1. The van der Waals surface area contributed by atoms with E-state index >= 15 is 0 Å². The lowest BCUT2D eigenvalue weighted by atomic mass is 9.96. The van der Waals surface area contributed by atoms with Gasteiger partial charge < -0.3 is 14.8 Å². The zero-order valence-electron chi connectivity index (χ0n) is 9.95. The quantitative estimate of drug-likeness (QED) is 0.850. The first-order chi connectivity index (χ1) is 7.85. The predicted molar refractivity (Wildman–Crippen MR) is 64.1 cm³/mol. The molecule has 1 atom stereocenters. The largest absolute Gasteiger partial charge is 0.497 e. The van der Waals surface area contributed by atoms with E-state index < -0.39 is 0 Å². The predicted octanol–water partition coefficient (Wildman–Crippen LogP) is 2.52. The minimum Gasteiger partial charge on any atom is -0.497 e. The van der Waals surface area contributed by atoms with Gasteiger partial charge in [-0.15, -0.1) is 0 Å². The summed E-state index contributed by atoms with van der Waals surface area (Å²) in [6.45, 7) is 1.10. The molecule has 1 saturated heterocycles. The lowest BCUT2D eigenvalue weighted by molar-refractivity contribution is 0.366. The van der Waals surface area contributed by atoms with Gasteiger partial charge in [-0.05, 0) is 25.5 Å². The van der Waals surface area contributed by atoms with E-state index in [1.165, 1.54) is 24.8 Å². The maximum Gasteiger partial charge on any atom is 0.127 e. The second-order valence-corrected chi connectivity index (χ2v) is 4.11. The molecule has 0 aliphatic carbocycles. The third-order valence-electron chi connectivity index (χ3n) is 3.13. The molecule has 3 nitrogen and oxygen atoms in total. The van der Waals surface area contributed by atoms with Gasteiger partial charge >= 0.3 is 0 Å². The molecule has 2 rings (SSSR count). The van der Waals surface area contributed by atoms with Crippen molar-refractivity contribution in [1.82, 2.24) is 5.32 Å². The molecular formula is C13H19NO2. The van der Waals surface area contributed by atoms with Crippen molar-refractivity contribution in [2.45, 2.75) is 25.3 Å². The monoisotopic (exact) mass is 221 g/mol. The summed E-state index contributed by atoms with van der Waals surface area (Å²) in [5.41, 5.74) is 1.24. The Morgan fingerprint density at radius 2 is 2.06 bits per heavy atom. The molecule has 1 aliphatic rings. The van der Waals surface area contributed by atoms with Crippen molar-refractivity contribution in [2.24, 2.45) is 0 Å². The summed E-state index contributed by atoms with van der Waals surface area (Å²) < 4.78 is 10.6. The fourth-order valence-electron chi connectivity index (χ4n) is 2.22. The van der Waals surface area contributed by atoms with E-state index in [4.69, 9.17) is 9.47 Å². The number of nitrogens with one attached hydrogen (secondary N) is 1. The smallest absolute Gasteiger partial charge is 0.127 e. The van der Waals surface area contributed by atoms with Crippen LogP contribution in [0.3, 0.4) is 0 Å². The average Bonchev–Trinajstić information content (AvgIpc) is 2.39. The van der Waals surface area contributed by atoms with Gasteiger partial charge in [0.25, 0.3) is 0 Å². The number of methoxy groups -OCH3 is 2. The highest BCUT2D eigenvalue weighted by atomic mass is 16.5. The van der Waals surface area contributed by atoms with Crippen molar-refractivity contribution in [1.29, 1.82) is 0 Å². The number of hydrogen-bond donors (Lipinski definition) is 1. The van der Waals surface area contributed by atoms with Crippen LogP contribution in [0.25, 0.3) is 0 Å². The van der Waals surface area contributed by atoms with E-state index in [9.17, 15) is 0 Å². The first kappa shape index (κ1) is 11.3. The SMILES string of the molecule is COc1ccc([C@H]2CCCCN2)c(OC)c1. The first-order valence-electron chi connectivity index (χ1n) is 5.80. The maximum atomic E-state index is 5.42. The van der Waals surface area contributed by atoms with Crippen molar-refractivity contribution < 1.29 is 9.47 Å². The number of rotatable bonds is 3. The zero-order valence-corrected chi connectivity index (χ0v) is 9.95. The molecule has 0 unspecified atom stereocenters. The Labute approximate surface area is 96.8 Å². The number of benzene rings is 1. The molecule has 1 fully saturated rings. The first-order valence-corrected chi connectivity index (χ1v) is 5.80. The minimum atomic E-state index is 0.426. The van der Waals surface area contributed by atoms with E-state index in [0.29, 0.717) is 6.04 Å². The normalized spacial score (nSPS) is 20.5. The average molecular weight is 221 g/mol. The fourth-order valence-corrected chi connectivity index (χ4v) is 2.22. The fraction of sp³-hybridized carbons (Fsp3) is 0.538. The molecule has 1 aliphatic heterocycles. The Hall–Kier alpha value is -1.22. The van der Waals surface area contributed by atoms with Crippen molar-refractivity contribution in [3.05, 3.63) is 23.8 Å². The molecule has 0 saturated carbocycles. The Morgan fingerprint density at radius 1 is 1.19 bits per heavy atom. The molecular weight excluding hydrogens is 202 g/mol. The Kier molecular flexibility index (Phi) is 3.67. The van der Waals surface area contributed by atoms with Gasteiger partial charge in [0.1, 0.15) is 11.5 Å². The van der Waals surface area contributed by atoms with Crippen molar-refractivity contribution >= 4 is 0 Å². The molecule has 0 amide bonds. The van der Waals surface area contributed by atoms with Gasteiger partial charge in [-0.25, -0.2) is 0 Å². The number of ether oxygens (including phenoxy) is 2. The molecule has 1 aromatic rings. The van der Waals surface area contributed by atoms with Crippen LogP contribution in [0.15, 0.2) is 18.2 Å². The summed E-state index contributed by atoms with van der Waals surface area (Å²) in [4.78, 5) is 0. The van der Waals surface area contributed by atoms with E-state index in [2.05, 4.69) is 11.4 Å². The topological polar surface area (TPSA) is 30.5 Å². The Morgan fingerprint density at radius 3 is 2.69 bits per heavy atom. The molecule has 0 spiro atoms. The van der Waals surface area contributed by atoms with E-state index in [1.807, 2.05) is 12.1 Å². The second-order valence-electron chi connectivity index (χ2n) is 4.11. The molecule has 0 bridgehead atoms. The van der Waals surface area contributed by atoms with Crippen LogP contribution >= 0.6 is 0 Å². The molecule has 1 N–H and O–H groups in total. The van der Waals surface area contributed by atoms with Gasteiger partial charge in [0.05, 0.1) is 14.2 Å². The van der Waals surface area contributed by atoms with Gasteiger partial charge in [0.15, 0.2) is 0 Å². The molecule has 0 aromatic heterocycles. The summed E-state index contributed by atoms with van der Waals surface area (Å²) in [7, 11) is 3.38. The van der Waals surface area contributed by atoms with Crippen LogP contribution in [0.5, 0.6) is 11.5 Å². The van der Waals surface area contributed by atoms with Crippen LogP contribution in [0, 0.1) is 0 Å². The summed E-state index contributed by atoms with van der Waals surface area (Å²) in [6, 6.07) is 6.47. The third-order valence-corrected chi connectivity index (χ3v) is 3.13. The molecule has 0 radical (unpaired) electrons. The van der Waals surface area contributed by atoms with Gasteiger partial charge in [0, 0.05) is 17.7 Å². The van der Waals surface area contributed by atoms with Crippen LogP contribution < -0.4 is 14.8 Å². The Bertz CT molecular complexity index is 346. The summed E-state index contributed by atoms with van der Waals surface area (Å²) in [5.74, 6) is 1.76. The summed E-state index contributed by atoms with van der Waals surface area (Å²) in [6.07, 6.45) is 3.74.